The van der Waals surface area contributed by atoms with Crippen molar-refractivity contribution in [2.24, 2.45) is 11.8 Å². The fourth-order valence-electron chi connectivity index (χ4n) is 12.7. The number of alkyl carbamates (subject to hydrolysis) is 2. The normalized spacial score (nSPS) is 26.0. The zero-order chi connectivity index (χ0) is 51.9. The van der Waals surface area contributed by atoms with E-state index in [1.54, 1.807) is 22.4 Å². The molecule has 2 aromatic carbocycles. The molecule has 4 N–H and O–H groups in total. The number of amides is 4. The summed E-state index contributed by atoms with van der Waals surface area (Å²) in [5, 5.41) is 7.66. The van der Waals surface area contributed by atoms with E-state index in [2.05, 4.69) is 31.2 Å². The number of fused-ring (bicyclic) bond motifs is 6. The molecule has 3 aliphatic carbocycles. The second kappa shape index (κ2) is 18.0. The molecule has 8 aliphatic rings. The molecule has 4 aromatic heterocycles. The van der Waals surface area contributed by atoms with Gasteiger partial charge in [-0.25, -0.2) is 19.2 Å². The summed E-state index contributed by atoms with van der Waals surface area (Å²) in [6.07, 6.45) is 13.5. The molecule has 398 valence electrons. The molecule has 0 radical (unpaired) electrons. The minimum absolute atomic E-state index is 0.0425. The van der Waals surface area contributed by atoms with Crippen LogP contribution in [0.4, 0.5) is 14.0 Å². The van der Waals surface area contributed by atoms with E-state index in [4.69, 9.17) is 33.9 Å². The van der Waals surface area contributed by atoms with Crippen LogP contribution in [0.25, 0.3) is 44.7 Å². The van der Waals surface area contributed by atoms with Crippen LogP contribution >= 0.6 is 11.3 Å². The summed E-state index contributed by atoms with van der Waals surface area (Å²) in [6.45, 7) is 4.26. The molecule has 2 unspecified atom stereocenters. The topological polar surface area (TPSA) is 211 Å². The summed E-state index contributed by atoms with van der Waals surface area (Å²) in [4.78, 5) is 80.1. The van der Waals surface area contributed by atoms with Crippen LogP contribution in [0.15, 0.2) is 55.0 Å². The van der Waals surface area contributed by atoms with Crippen LogP contribution in [0.1, 0.15) is 130 Å². The molecule has 4 amide bonds. The number of nitrogens with one attached hydrogen (secondary N) is 4. The molecular weight excluding hydrogens is 1110 g/mol. The molecule has 76 heavy (non-hydrogen) atoms. The third-order valence-corrected chi connectivity index (χ3v) is 21.7. The number of aromatic amines is 2. The maximum atomic E-state index is 17.1. The monoisotopic (exact) mass is 1170 g/mol. The Hall–Kier alpha value is -6.07. The van der Waals surface area contributed by atoms with E-state index in [0.717, 1.165) is 102 Å². The summed E-state index contributed by atoms with van der Waals surface area (Å²) in [5.41, 5.74) is 4.32. The van der Waals surface area contributed by atoms with Gasteiger partial charge < -0.3 is 24.7 Å². The second-order valence-electron chi connectivity index (χ2n) is 22.5. The van der Waals surface area contributed by atoms with Gasteiger partial charge >= 0.3 is 248 Å². The van der Waals surface area contributed by atoms with E-state index < -0.39 is 36.3 Å². The van der Waals surface area contributed by atoms with Crippen LogP contribution in [-0.2, 0) is 23.8 Å². The molecule has 0 bridgehead atoms. The maximum absolute atomic E-state index is 17.1. The quantitative estimate of drug-likeness (QED) is 0.0651. The van der Waals surface area contributed by atoms with Crippen molar-refractivity contribution in [3.63, 3.8) is 0 Å². The number of alkyl halides is 2. The van der Waals surface area contributed by atoms with Gasteiger partial charge in [0.1, 0.15) is 23.4 Å². The number of benzene rings is 2. The van der Waals surface area contributed by atoms with Crippen molar-refractivity contribution in [3.05, 3.63) is 82.3 Å². The number of carbonyl (C=O) groups excluding carboxylic acids is 4. The summed E-state index contributed by atoms with van der Waals surface area (Å²) in [7, 11) is 2.62. The Labute approximate surface area is 451 Å². The Morgan fingerprint density at radius 1 is 0.855 bits per heavy atom. The first kappa shape index (κ1) is 48.3. The van der Waals surface area contributed by atoms with E-state index in [-0.39, 0.29) is 72.2 Å². The molecule has 4 saturated heterocycles. The molecule has 18 nitrogen and oxygen atoms in total. The molecular formula is C55H59FIN10O8S-. The summed E-state index contributed by atoms with van der Waals surface area (Å²) in [6, 6.07) is 9.45. The van der Waals surface area contributed by atoms with Crippen molar-refractivity contribution in [2.45, 2.75) is 140 Å². The van der Waals surface area contributed by atoms with Gasteiger partial charge in [0, 0.05) is 24.2 Å². The van der Waals surface area contributed by atoms with Gasteiger partial charge in [0.15, 0.2) is 0 Å². The van der Waals surface area contributed by atoms with E-state index >= 15 is 4.39 Å². The molecule has 7 atom stereocenters. The zero-order valence-corrected chi connectivity index (χ0v) is 45.5. The Kier molecular flexibility index (Phi) is 11.4. The Morgan fingerprint density at radius 2 is 1.57 bits per heavy atom. The number of nitrogens with zero attached hydrogens (tertiary/aromatic N) is 6. The van der Waals surface area contributed by atoms with Gasteiger partial charge in [0.25, 0.3) is 0 Å². The fraction of sp³-hybridized carbons (Fsp3) is 0.509. The molecule has 14 rings (SSSR count). The number of likely N-dealkylation sites (tertiary alicyclic amines) is 2. The van der Waals surface area contributed by atoms with Gasteiger partial charge in [-0.1, -0.05) is 13.8 Å². The third-order valence-electron chi connectivity index (χ3n) is 17.0. The second-order valence-corrected chi connectivity index (χ2v) is 27.2. The van der Waals surface area contributed by atoms with Gasteiger partial charge in [0.05, 0.1) is 34.9 Å². The van der Waals surface area contributed by atoms with E-state index in [0.29, 0.717) is 56.9 Å². The summed E-state index contributed by atoms with van der Waals surface area (Å²) in [5.74, 6) is 1.18. The Balaban J connectivity index is 0.764. The molecule has 5 aliphatic heterocycles. The average Bonchev–Trinajstić information content (AvgIpc) is 4.40. The number of ether oxygens (including phenoxy) is 4. The number of hydrogen-bond acceptors (Lipinski definition) is 12. The number of carbonyl (C=O) groups is 4. The van der Waals surface area contributed by atoms with Crippen molar-refractivity contribution in [3.8, 4) is 39.5 Å². The molecule has 21 heteroatoms. The van der Waals surface area contributed by atoms with Crippen LogP contribution in [0.5, 0.6) is 5.75 Å². The SMILES string of the molecule is COC(=O)NC(C(=O)N1[C@@H]2[I-][C@@H]2C[C@H]1c1ncc(-c2ccc3c(c2)cc2n3C(c3cnc(C4CC4)s3)Oc3cc(-c4cnc([C@@H]5CCCN5C(=O)[C@@H](NC(=O)OC)C(C)C)[nH]4)cc(F)c3-2)[nH]1)C1CC2(CC2)OC2(CC2)C1. The van der Waals surface area contributed by atoms with E-state index in [1.165, 1.54) is 20.3 Å². The Bertz CT molecular complexity index is 3340. The summed E-state index contributed by atoms with van der Waals surface area (Å²) < 4.78 is 43.2. The average molecular weight is 1170 g/mol. The first-order valence-electron chi connectivity index (χ1n) is 26.6. The standard InChI is InChI=1S/C55H59FIN10O8S/c1-26(2)43(63-52(70)72-3)49(68)65-15-5-6-37(65)46-58-24-35(62-46)29-17-32(56)42-38-18-30-16-28(9-10-36(30)66(38)51(74-40(42)19-29)41-25-60-48(76-41)27-7-8-27)34-23-59-47(61-34)39-20-33-45(57-33)67(39)50(69)44(64-53(71)73-4)31-21-54(11-12-54)75-55(22-31)13-14-55/h9-10,16-19,23-27,31,33,37,39,43-45,51H,5-8,11-15,20-22H2,1-4H3,(H,58,62)(H,59,61)(H,63,70)(H,64,71)/q-1/t33-,37+,39+,43+,44?,45+,51?/m1/s1. The predicted octanol–water partition coefficient (Wildman–Crippen LogP) is 5.83. The minimum atomic E-state index is -0.773. The number of halogens is 2. The number of rotatable bonds is 12. The first-order chi connectivity index (χ1) is 36.8. The predicted molar refractivity (Wildman–Crippen MR) is 272 cm³/mol. The van der Waals surface area contributed by atoms with Crippen molar-refractivity contribution in [2.75, 3.05) is 20.8 Å². The number of hydrogen-bond donors (Lipinski definition) is 4. The fourth-order valence-corrected chi connectivity index (χ4v) is 16.9. The molecule has 2 spiro atoms. The Morgan fingerprint density at radius 3 is 2.26 bits per heavy atom. The third kappa shape index (κ3) is 8.35. The van der Waals surface area contributed by atoms with Crippen LogP contribution in [0.3, 0.4) is 0 Å². The van der Waals surface area contributed by atoms with Gasteiger partial charge in [-0.2, -0.15) is 0 Å². The van der Waals surface area contributed by atoms with Crippen molar-refractivity contribution >= 4 is 46.2 Å². The van der Waals surface area contributed by atoms with Gasteiger partial charge in [-0.05, 0) is 43.7 Å². The molecule has 9 heterocycles. The van der Waals surface area contributed by atoms with Gasteiger partial charge in [0.2, 0.25) is 5.91 Å². The molecule has 6 aromatic rings. The number of H-pyrrole nitrogens is 2. The van der Waals surface area contributed by atoms with E-state index in [1.807, 2.05) is 55.4 Å². The van der Waals surface area contributed by atoms with Crippen LogP contribution < -0.4 is 36.6 Å². The zero-order valence-electron chi connectivity index (χ0n) is 42.6. The van der Waals surface area contributed by atoms with E-state index in [9.17, 15) is 19.2 Å². The van der Waals surface area contributed by atoms with Crippen LogP contribution in [-0.4, -0.2) is 115 Å². The number of thiazole rings is 1. The van der Waals surface area contributed by atoms with Crippen molar-refractivity contribution < 1.29 is 63.7 Å². The first-order valence-corrected chi connectivity index (χ1v) is 29.9. The number of aromatic nitrogens is 6. The van der Waals surface area contributed by atoms with Crippen molar-refractivity contribution in [1.82, 2.24) is 49.9 Å². The van der Waals surface area contributed by atoms with Gasteiger partial charge in [-0.15, -0.1) is 11.3 Å². The van der Waals surface area contributed by atoms with Gasteiger partial charge in [-0.3, -0.25) is 4.79 Å². The summed E-state index contributed by atoms with van der Waals surface area (Å²) >= 11 is 1.45. The van der Waals surface area contributed by atoms with Crippen molar-refractivity contribution in [1.29, 1.82) is 0 Å². The number of methoxy groups -OCH3 is 2. The van der Waals surface area contributed by atoms with Crippen LogP contribution in [0.2, 0.25) is 0 Å². The molecule has 3 saturated carbocycles. The number of imidazole rings is 2. The van der Waals surface area contributed by atoms with Crippen LogP contribution in [0, 0.1) is 17.7 Å². The molecule has 7 fully saturated rings.